The van der Waals surface area contributed by atoms with Crippen LogP contribution in [-0.2, 0) is 11.2 Å². The molecule has 0 aliphatic carbocycles. The third kappa shape index (κ3) is 4.35. The van der Waals surface area contributed by atoms with Gasteiger partial charge in [0.25, 0.3) is 0 Å². The van der Waals surface area contributed by atoms with E-state index in [1.54, 1.807) is 54.6 Å². The van der Waals surface area contributed by atoms with Gasteiger partial charge in [-0.25, -0.2) is 14.5 Å². The second-order valence-electron chi connectivity index (χ2n) is 6.24. The van der Waals surface area contributed by atoms with Crippen molar-refractivity contribution in [2.45, 2.75) is 6.42 Å². The fourth-order valence-corrected chi connectivity index (χ4v) is 3.56. The largest absolute Gasteiger partial charge is 0.478 e. The van der Waals surface area contributed by atoms with E-state index in [0.717, 1.165) is 6.07 Å². The summed E-state index contributed by atoms with van der Waals surface area (Å²) in [6, 6.07) is 17.0. The maximum absolute atomic E-state index is 14.1. The summed E-state index contributed by atoms with van der Waals surface area (Å²) in [5, 5.41) is 9.46. The van der Waals surface area contributed by atoms with Gasteiger partial charge in [0.1, 0.15) is 0 Å². The van der Waals surface area contributed by atoms with E-state index in [-0.39, 0.29) is 28.3 Å². The number of aromatic carboxylic acids is 1. The van der Waals surface area contributed by atoms with Gasteiger partial charge in [-0.15, -0.1) is 4.39 Å². The Bertz CT molecular complexity index is 1140. The van der Waals surface area contributed by atoms with Crippen LogP contribution in [0.2, 0.25) is 10.0 Å². The molecule has 0 aromatic heterocycles. The first-order chi connectivity index (χ1) is 14.3. The van der Waals surface area contributed by atoms with Gasteiger partial charge < -0.3 is 5.11 Å². The summed E-state index contributed by atoms with van der Waals surface area (Å²) in [5.74, 6) is -2.18. The maximum atomic E-state index is 14.1. The van der Waals surface area contributed by atoms with E-state index in [0.29, 0.717) is 21.0 Å². The van der Waals surface area contributed by atoms with E-state index in [9.17, 15) is 23.9 Å². The Hall–Kier alpha value is -3.22. The van der Waals surface area contributed by atoms with Crippen molar-refractivity contribution in [1.82, 2.24) is 0 Å². The molecule has 0 fully saturated rings. The van der Waals surface area contributed by atoms with Crippen LogP contribution in [-0.4, -0.2) is 23.1 Å². The van der Waals surface area contributed by atoms with E-state index in [4.69, 9.17) is 23.2 Å². The number of nitrogens with zero attached hydrogens (tertiary/aromatic N) is 1. The number of rotatable bonds is 5. The molecule has 0 spiro atoms. The first-order valence-corrected chi connectivity index (χ1v) is 9.44. The monoisotopic (exact) mass is 445 g/mol. The van der Waals surface area contributed by atoms with Crippen molar-refractivity contribution in [2.24, 2.45) is 0 Å². The van der Waals surface area contributed by atoms with Crippen LogP contribution in [0.1, 0.15) is 15.9 Å². The van der Waals surface area contributed by atoms with Gasteiger partial charge in [0.15, 0.2) is 0 Å². The molecule has 0 unspecified atom stereocenters. The fraction of sp³-hybridized carbons (Fsp3) is 0.0455. The minimum atomic E-state index is -2.02. The lowest BCUT2D eigenvalue weighted by Gasteiger charge is -2.22. The molecule has 0 aliphatic rings. The van der Waals surface area contributed by atoms with Crippen molar-refractivity contribution in [3.63, 3.8) is 0 Å². The highest BCUT2D eigenvalue weighted by Gasteiger charge is 2.29. The van der Waals surface area contributed by atoms with Crippen molar-refractivity contribution >= 4 is 46.9 Å². The third-order valence-electron chi connectivity index (χ3n) is 4.38. The predicted octanol–water partition coefficient (Wildman–Crippen LogP) is 6.02. The first-order valence-electron chi connectivity index (χ1n) is 8.68. The van der Waals surface area contributed by atoms with Gasteiger partial charge >= 0.3 is 12.1 Å². The molecule has 0 heterocycles. The number of benzene rings is 3. The van der Waals surface area contributed by atoms with Crippen LogP contribution in [0.15, 0.2) is 66.7 Å². The van der Waals surface area contributed by atoms with E-state index in [1.807, 2.05) is 0 Å². The molecule has 3 aromatic rings. The zero-order valence-corrected chi connectivity index (χ0v) is 16.8. The van der Waals surface area contributed by atoms with Crippen molar-refractivity contribution in [1.29, 1.82) is 0 Å². The number of halogens is 3. The van der Waals surface area contributed by atoms with Crippen molar-refractivity contribution in [2.75, 3.05) is 4.90 Å². The van der Waals surface area contributed by atoms with Crippen LogP contribution >= 0.6 is 23.2 Å². The van der Waals surface area contributed by atoms with Crippen LogP contribution in [0, 0.1) is 0 Å². The zero-order chi connectivity index (χ0) is 21.8. The maximum Gasteiger partial charge on any atom is 0.411 e. The molecule has 0 radical (unpaired) electrons. The number of anilines is 1. The Morgan fingerprint density at radius 1 is 0.900 bits per heavy atom. The summed E-state index contributed by atoms with van der Waals surface area (Å²) in [6.07, 6.45) is -2.37. The normalized spacial score (nSPS) is 10.5. The number of amides is 2. The summed E-state index contributed by atoms with van der Waals surface area (Å²) in [7, 11) is 0. The Balaban J connectivity index is 2.16. The first kappa shape index (κ1) is 21.5. The predicted molar refractivity (Wildman–Crippen MR) is 113 cm³/mol. The van der Waals surface area contributed by atoms with Gasteiger partial charge in [-0.3, -0.25) is 4.79 Å². The second kappa shape index (κ2) is 9.07. The molecule has 8 heteroatoms. The van der Waals surface area contributed by atoms with Gasteiger partial charge in [-0.2, -0.15) is 0 Å². The number of carboxylic acid groups (broad SMARTS) is 1. The summed E-state index contributed by atoms with van der Waals surface area (Å²) in [6.45, 7) is 0. The summed E-state index contributed by atoms with van der Waals surface area (Å²) in [4.78, 5) is 36.5. The average Bonchev–Trinajstić information content (AvgIpc) is 2.70. The van der Waals surface area contributed by atoms with Crippen LogP contribution < -0.4 is 4.90 Å². The minimum absolute atomic E-state index is 0.0516. The van der Waals surface area contributed by atoms with Crippen LogP contribution in [0.3, 0.4) is 0 Å². The highest BCUT2D eigenvalue weighted by atomic mass is 35.5. The zero-order valence-electron chi connectivity index (χ0n) is 15.3. The molecule has 0 saturated heterocycles. The van der Waals surface area contributed by atoms with Gasteiger partial charge in [-0.1, -0.05) is 71.7 Å². The Morgan fingerprint density at radius 3 is 2.13 bits per heavy atom. The molecule has 3 aromatic carbocycles. The van der Waals surface area contributed by atoms with Gasteiger partial charge in [-0.05, 0) is 29.3 Å². The fourth-order valence-electron chi connectivity index (χ4n) is 3.01. The van der Waals surface area contributed by atoms with E-state index in [2.05, 4.69) is 0 Å². The molecule has 0 atom stereocenters. The lowest BCUT2D eigenvalue weighted by Crippen LogP contribution is -2.35. The quantitative estimate of drug-likeness (QED) is 0.384. The molecule has 2 amide bonds. The second-order valence-corrected chi connectivity index (χ2v) is 7.03. The van der Waals surface area contributed by atoms with Crippen molar-refractivity contribution < 1.29 is 23.9 Å². The number of carbonyl (C=O) groups excluding carboxylic acids is 2. The Kier molecular flexibility index (Phi) is 6.50. The lowest BCUT2D eigenvalue weighted by atomic mass is 9.99. The van der Waals surface area contributed by atoms with E-state index < -0.39 is 18.0 Å². The number of carbonyl (C=O) groups is 3. The highest BCUT2D eigenvalue weighted by Crippen LogP contribution is 2.40. The summed E-state index contributed by atoms with van der Waals surface area (Å²) >= 11 is 12.4. The molecule has 3 rings (SSSR count). The van der Waals surface area contributed by atoms with Crippen LogP contribution in [0.5, 0.6) is 0 Å². The average molecular weight is 446 g/mol. The smallest absolute Gasteiger partial charge is 0.411 e. The lowest BCUT2D eigenvalue weighted by molar-refractivity contribution is -0.117. The number of hydrogen-bond donors (Lipinski definition) is 1. The SMILES string of the molecule is O=C(O)c1ccc(N(C(=O)F)C(=O)Cc2ccccc2Cl)c(-c2ccccc2)c1Cl. The molecule has 0 bridgehead atoms. The number of hydrogen-bond acceptors (Lipinski definition) is 3. The van der Waals surface area contributed by atoms with Crippen LogP contribution in [0.25, 0.3) is 11.1 Å². The minimum Gasteiger partial charge on any atom is -0.478 e. The summed E-state index contributed by atoms with van der Waals surface area (Å²) < 4.78 is 14.1. The highest BCUT2D eigenvalue weighted by molar-refractivity contribution is 6.37. The topological polar surface area (TPSA) is 74.7 Å². The van der Waals surface area contributed by atoms with Crippen molar-refractivity contribution in [3.8, 4) is 11.1 Å². The third-order valence-corrected chi connectivity index (χ3v) is 5.14. The van der Waals surface area contributed by atoms with Gasteiger partial charge in [0, 0.05) is 10.6 Å². The molecule has 0 saturated carbocycles. The van der Waals surface area contributed by atoms with Gasteiger partial charge in [0.05, 0.1) is 22.7 Å². The van der Waals surface area contributed by atoms with E-state index in [1.165, 1.54) is 6.07 Å². The Labute approximate surface area is 181 Å². The summed E-state index contributed by atoms with van der Waals surface area (Å²) in [5.41, 5.74) is 0.461. The Morgan fingerprint density at radius 2 is 1.53 bits per heavy atom. The molecule has 0 aliphatic heterocycles. The number of carboxylic acids is 1. The van der Waals surface area contributed by atoms with Crippen LogP contribution in [0.4, 0.5) is 14.9 Å². The number of imide groups is 1. The van der Waals surface area contributed by atoms with E-state index >= 15 is 0 Å². The standard InChI is InChI=1S/C22H14Cl2FNO4/c23-16-9-5-4-8-14(16)12-18(27)26(22(25)30)17-11-10-15(21(28)29)20(24)19(17)13-6-2-1-3-7-13/h1-11H,12H2,(H,28,29). The molecular formula is C22H14Cl2FNO4. The van der Waals surface area contributed by atoms with Crippen molar-refractivity contribution in [3.05, 3.63) is 87.9 Å². The molecular weight excluding hydrogens is 432 g/mol. The molecule has 152 valence electrons. The van der Waals surface area contributed by atoms with Gasteiger partial charge in [0.2, 0.25) is 5.91 Å². The molecule has 5 nitrogen and oxygen atoms in total. The molecule has 1 N–H and O–H groups in total. The molecule has 30 heavy (non-hydrogen) atoms.